The van der Waals surface area contributed by atoms with Crippen molar-refractivity contribution in [2.75, 3.05) is 19.1 Å². The van der Waals surface area contributed by atoms with Gasteiger partial charge < -0.3 is 14.7 Å². The predicted molar refractivity (Wildman–Crippen MR) is 109 cm³/mol. The Morgan fingerprint density at radius 1 is 1.25 bits per heavy atom. The van der Waals surface area contributed by atoms with Crippen molar-refractivity contribution in [2.24, 2.45) is 5.92 Å². The second-order valence-electron chi connectivity index (χ2n) is 7.50. The molecule has 0 unspecified atom stereocenters. The smallest absolute Gasteiger partial charge is 0.261 e. The molecule has 0 saturated heterocycles. The van der Waals surface area contributed by atoms with Crippen LogP contribution in [-0.2, 0) is 6.42 Å². The summed E-state index contributed by atoms with van der Waals surface area (Å²) in [7, 11) is 3.30. The number of rotatable bonds is 5. The van der Waals surface area contributed by atoms with E-state index in [-0.39, 0.29) is 17.2 Å². The predicted octanol–water partition coefficient (Wildman–Crippen LogP) is 4.29. The minimum atomic E-state index is -0.266. The Hall–Kier alpha value is -3.02. The molecule has 0 atom stereocenters. The molecular weight excluding hydrogens is 354 g/mol. The quantitative estimate of drug-likeness (QED) is 0.693. The van der Waals surface area contributed by atoms with Crippen LogP contribution in [0, 0.1) is 5.92 Å². The number of anilines is 1. The van der Waals surface area contributed by atoms with E-state index < -0.39 is 0 Å². The minimum Gasteiger partial charge on any atom is -0.507 e. The normalized spacial score (nSPS) is 14.5. The number of H-pyrrole nitrogens is 1. The third kappa shape index (κ3) is 3.42. The van der Waals surface area contributed by atoms with Gasteiger partial charge in [0, 0.05) is 24.2 Å². The molecule has 0 aliphatic heterocycles. The third-order valence-corrected chi connectivity index (χ3v) is 5.71. The van der Waals surface area contributed by atoms with Crippen LogP contribution in [0.25, 0.3) is 10.9 Å². The monoisotopic (exact) mass is 379 g/mol. The van der Waals surface area contributed by atoms with Crippen molar-refractivity contribution in [1.29, 1.82) is 0 Å². The number of phenols is 1. The van der Waals surface area contributed by atoms with Crippen LogP contribution in [0.5, 0.6) is 11.5 Å². The van der Waals surface area contributed by atoms with Gasteiger partial charge in [-0.05, 0) is 42.7 Å². The molecule has 1 heterocycles. The molecule has 1 saturated carbocycles. The molecule has 1 aromatic heterocycles. The number of fused-ring (bicyclic) bond motifs is 1. The lowest BCUT2D eigenvalue weighted by Crippen LogP contribution is -2.26. The number of nitrogens with zero attached hydrogens (tertiary/aromatic N) is 2. The van der Waals surface area contributed by atoms with E-state index in [0.717, 1.165) is 34.5 Å². The summed E-state index contributed by atoms with van der Waals surface area (Å²) in [5.41, 5.74) is 2.74. The number of hydrogen-bond acceptors (Lipinski definition) is 4. The van der Waals surface area contributed by atoms with Crippen molar-refractivity contribution in [3.05, 3.63) is 47.7 Å². The van der Waals surface area contributed by atoms with Gasteiger partial charge in [-0.3, -0.25) is 9.89 Å². The summed E-state index contributed by atoms with van der Waals surface area (Å²) in [6.45, 7) is 0. The summed E-state index contributed by atoms with van der Waals surface area (Å²) in [4.78, 5) is 14.6. The van der Waals surface area contributed by atoms with Gasteiger partial charge in [-0.2, -0.15) is 5.10 Å². The highest BCUT2D eigenvalue weighted by Crippen LogP contribution is 2.32. The number of nitrogens with one attached hydrogen (secondary N) is 1. The minimum absolute atomic E-state index is 0.0473. The molecule has 4 rings (SSSR count). The van der Waals surface area contributed by atoms with Crippen LogP contribution in [0.4, 0.5) is 5.69 Å². The van der Waals surface area contributed by atoms with Crippen LogP contribution in [0.2, 0.25) is 0 Å². The molecule has 1 amide bonds. The number of carbonyl (C=O) groups excluding carboxylic acids is 1. The molecule has 1 aliphatic rings. The molecule has 6 heteroatoms. The Morgan fingerprint density at radius 2 is 1.96 bits per heavy atom. The lowest BCUT2D eigenvalue weighted by Gasteiger charge is -2.18. The molecule has 1 fully saturated rings. The topological polar surface area (TPSA) is 78.5 Å². The molecule has 146 valence electrons. The van der Waals surface area contributed by atoms with Crippen molar-refractivity contribution >= 4 is 22.5 Å². The van der Waals surface area contributed by atoms with E-state index in [1.807, 2.05) is 12.1 Å². The maximum Gasteiger partial charge on any atom is 0.261 e. The Labute approximate surface area is 164 Å². The van der Waals surface area contributed by atoms with Gasteiger partial charge in [-0.15, -0.1) is 0 Å². The van der Waals surface area contributed by atoms with Crippen LogP contribution in [0.1, 0.15) is 41.7 Å². The number of methoxy groups -OCH3 is 1. The highest BCUT2D eigenvalue weighted by atomic mass is 16.5. The first-order valence-electron chi connectivity index (χ1n) is 9.69. The number of aromatic nitrogens is 2. The number of phenolic OH excluding ortho intramolecular Hbond substituents is 1. The largest absolute Gasteiger partial charge is 0.507 e. The van der Waals surface area contributed by atoms with Crippen molar-refractivity contribution in [1.82, 2.24) is 10.2 Å². The Morgan fingerprint density at radius 3 is 2.64 bits per heavy atom. The Kier molecular flexibility index (Phi) is 4.94. The van der Waals surface area contributed by atoms with Gasteiger partial charge in [0.1, 0.15) is 11.5 Å². The van der Waals surface area contributed by atoms with Crippen LogP contribution in [0.15, 0.2) is 36.4 Å². The van der Waals surface area contributed by atoms with Crippen LogP contribution < -0.4 is 9.64 Å². The first kappa shape index (κ1) is 18.3. The summed E-state index contributed by atoms with van der Waals surface area (Å²) < 4.78 is 5.17. The van der Waals surface area contributed by atoms with Crippen molar-refractivity contribution in [3.8, 4) is 11.5 Å². The number of aromatic amines is 1. The standard InChI is InChI=1S/C22H25N3O3/c1-25(15-7-9-16(28-2)10-8-15)22(27)18-12-17-19(11-14-5-3-4-6-14)23-24-20(17)13-21(18)26/h7-10,12-14,26H,3-6,11H2,1-2H3,(H,23,24). The van der Waals surface area contributed by atoms with E-state index in [1.165, 1.54) is 30.6 Å². The fraction of sp³-hybridized carbons (Fsp3) is 0.364. The second-order valence-corrected chi connectivity index (χ2v) is 7.50. The summed E-state index contributed by atoms with van der Waals surface area (Å²) >= 11 is 0. The maximum absolute atomic E-state index is 13.0. The highest BCUT2D eigenvalue weighted by Gasteiger charge is 2.22. The summed E-state index contributed by atoms with van der Waals surface area (Å²) in [5.74, 6) is 1.07. The zero-order valence-corrected chi connectivity index (χ0v) is 16.2. The van der Waals surface area contributed by atoms with Gasteiger partial charge in [-0.1, -0.05) is 25.7 Å². The molecule has 0 spiro atoms. The average molecular weight is 379 g/mol. The summed E-state index contributed by atoms with van der Waals surface area (Å²) in [6.07, 6.45) is 5.94. The zero-order chi connectivity index (χ0) is 19.7. The van der Waals surface area contributed by atoms with Gasteiger partial charge in [0.05, 0.1) is 23.9 Å². The van der Waals surface area contributed by atoms with E-state index in [9.17, 15) is 9.90 Å². The first-order chi connectivity index (χ1) is 13.6. The number of benzene rings is 2. The fourth-order valence-corrected chi connectivity index (χ4v) is 4.03. The third-order valence-electron chi connectivity index (χ3n) is 5.71. The van der Waals surface area contributed by atoms with Gasteiger partial charge in [-0.25, -0.2) is 0 Å². The molecule has 2 aromatic carbocycles. The molecule has 1 aliphatic carbocycles. The van der Waals surface area contributed by atoms with Crippen molar-refractivity contribution in [3.63, 3.8) is 0 Å². The average Bonchev–Trinajstić information content (AvgIpc) is 3.37. The number of aromatic hydroxyl groups is 1. The van der Waals surface area contributed by atoms with E-state index in [1.54, 1.807) is 38.4 Å². The molecule has 0 bridgehead atoms. The number of carbonyl (C=O) groups is 1. The van der Waals surface area contributed by atoms with Crippen molar-refractivity contribution < 1.29 is 14.6 Å². The van der Waals surface area contributed by atoms with E-state index in [4.69, 9.17) is 4.74 Å². The maximum atomic E-state index is 13.0. The molecule has 28 heavy (non-hydrogen) atoms. The summed E-state index contributed by atoms with van der Waals surface area (Å²) in [6, 6.07) is 10.6. The molecule has 0 radical (unpaired) electrons. The van der Waals surface area contributed by atoms with Gasteiger partial charge in [0.15, 0.2) is 0 Å². The second kappa shape index (κ2) is 7.54. The Bertz CT molecular complexity index is 988. The Balaban J connectivity index is 1.64. The number of ether oxygens (including phenoxy) is 1. The zero-order valence-electron chi connectivity index (χ0n) is 16.2. The van der Waals surface area contributed by atoms with Crippen LogP contribution in [0.3, 0.4) is 0 Å². The molecule has 6 nitrogen and oxygen atoms in total. The number of amides is 1. The lowest BCUT2D eigenvalue weighted by atomic mass is 9.99. The first-order valence-corrected chi connectivity index (χ1v) is 9.69. The molecular formula is C22H25N3O3. The summed E-state index contributed by atoms with van der Waals surface area (Å²) in [5, 5.41) is 18.8. The van der Waals surface area contributed by atoms with E-state index in [2.05, 4.69) is 10.2 Å². The number of hydrogen-bond donors (Lipinski definition) is 2. The van der Waals surface area contributed by atoms with Crippen molar-refractivity contribution in [2.45, 2.75) is 32.1 Å². The lowest BCUT2D eigenvalue weighted by molar-refractivity contribution is 0.0990. The SMILES string of the molecule is COc1ccc(N(C)C(=O)c2cc3c(CC4CCCC4)n[nH]c3cc2O)cc1. The van der Waals surface area contributed by atoms with Crippen LogP contribution >= 0.6 is 0 Å². The van der Waals surface area contributed by atoms with E-state index >= 15 is 0 Å². The van der Waals surface area contributed by atoms with Gasteiger partial charge >= 0.3 is 0 Å². The van der Waals surface area contributed by atoms with Gasteiger partial charge in [0.25, 0.3) is 5.91 Å². The van der Waals surface area contributed by atoms with Gasteiger partial charge in [0.2, 0.25) is 0 Å². The highest BCUT2D eigenvalue weighted by molar-refractivity contribution is 6.09. The fourth-order valence-electron chi connectivity index (χ4n) is 4.03. The molecule has 3 aromatic rings. The van der Waals surface area contributed by atoms with E-state index in [0.29, 0.717) is 5.92 Å². The molecule has 2 N–H and O–H groups in total. The van der Waals surface area contributed by atoms with Crippen LogP contribution in [-0.4, -0.2) is 35.4 Å².